The van der Waals surface area contributed by atoms with Crippen molar-refractivity contribution in [3.8, 4) is 0 Å². The second-order valence-electron chi connectivity index (χ2n) is 3.24. The molecule has 0 aromatic carbocycles. The molecule has 1 aromatic heterocycles. The average molecular weight is 261 g/mol. The van der Waals surface area contributed by atoms with Crippen molar-refractivity contribution in [3.63, 3.8) is 0 Å². The minimum atomic E-state index is -0.522. The fraction of sp³-hybridized carbons (Fsp3) is 0.400. The van der Waals surface area contributed by atoms with Crippen LogP contribution in [0.3, 0.4) is 0 Å². The van der Waals surface area contributed by atoms with Gasteiger partial charge in [-0.1, -0.05) is 6.92 Å². The fourth-order valence-corrected chi connectivity index (χ4v) is 2.75. The van der Waals surface area contributed by atoms with Crippen molar-refractivity contribution < 1.29 is 9.59 Å². The third-order valence-electron chi connectivity index (χ3n) is 2.18. The zero-order chi connectivity index (χ0) is 12.3. The third-order valence-corrected chi connectivity index (χ3v) is 3.49. The van der Waals surface area contributed by atoms with Crippen LogP contribution in [0.2, 0.25) is 0 Å². The van der Waals surface area contributed by atoms with E-state index in [0.29, 0.717) is 17.0 Å². The minimum absolute atomic E-state index is 0.142. The lowest BCUT2D eigenvalue weighted by molar-refractivity contribution is -0.113. The summed E-state index contributed by atoms with van der Waals surface area (Å²) in [5.41, 5.74) is 6.60. The summed E-state index contributed by atoms with van der Waals surface area (Å²) in [7, 11) is 0. The summed E-state index contributed by atoms with van der Waals surface area (Å²) in [6.45, 7) is 3.83. The van der Waals surface area contributed by atoms with E-state index < -0.39 is 5.91 Å². The van der Waals surface area contributed by atoms with Gasteiger partial charge in [0.05, 0.1) is 5.56 Å². The number of hydrogen-bond donors (Lipinski definition) is 2. The number of anilines is 1. The number of alkyl halides is 1. The Labute approximate surface area is 103 Å². The Morgan fingerprint density at radius 3 is 2.56 bits per heavy atom. The molecule has 4 nitrogen and oxygen atoms in total. The molecule has 1 rings (SSSR count). The van der Waals surface area contributed by atoms with Gasteiger partial charge in [-0.25, -0.2) is 0 Å². The van der Waals surface area contributed by atoms with E-state index in [9.17, 15) is 9.59 Å². The highest BCUT2D eigenvalue weighted by Gasteiger charge is 2.19. The van der Waals surface area contributed by atoms with Gasteiger partial charge in [0.1, 0.15) is 10.9 Å². The smallest absolute Gasteiger partial charge is 0.251 e. The van der Waals surface area contributed by atoms with Crippen molar-refractivity contribution in [2.45, 2.75) is 20.3 Å². The van der Waals surface area contributed by atoms with E-state index in [-0.39, 0.29) is 11.8 Å². The molecule has 2 amide bonds. The van der Waals surface area contributed by atoms with Crippen LogP contribution in [-0.4, -0.2) is 17.7 Å². The molecule has 0 aliphatic carbocycles. The lowest BCUT2D eigenvalue weighted by Gasteiger charge is -2.03. The highest BCUT2D eigenvalue weighted by molar-refractivity contribution is 7.16. The summed E-state index contributed by atoms with van der Waals surface area (Å²) in [6, 6.07) is 0. The Morgan fingerprint density at radius 1 is 1.50 bits per heavy atom. The molecule has 0 fully saturated rings. The molecule has 0 atom stereocenters. The summed E-state index contributed by atoms with van der Waals surface area (Å²) >= 11 is 6.74. The standard InChI is InChI=1S/C10H13ClN2O2S/c1-3-6-5(2)16-10(8(6)9(12)15)13-7(14)4-11/h3-4H2,1-2H3,(H2,12,15)(H,13,14). The largest absolute Gasteiger partial charge is 0.365 e. The molecule has 1 aromatic rings. The normalized spacial score (nSPS) is 10.2. The molecule has 0 unspecified atom stereocenters. The van der Waals surface area contributed by atoms with Crippen molar-refractivity contribution >= 4 is 39.8 Å². The molecule has 0 bridgehead atoms. The Morgan fingerprint density at radius 2 is 2.12 bits per heavy atom. The summed E-state index contributed by atoms with van der Waals surface area (Å²) in [5, 5.41) is 3.08. The van der Waals surface area contributed by atoms with Crippen molar-refractivity contribution in [2.24, 2.45) is 5.73 Å². The van der Waals surface area contributed by atoms with E-state index in [2.05, 4.69) is 5.32 Å². The van der Waals surface area contributed by atoms with E-state index in [4.69, 9.17) is 17.3 Å². The van der Waals surface area contributed by atoms with Crippen molar-refractivity contribution in [1.82, 2.24) is 0 Å². The summed E-state index contributed by atoms with van der Waals surface area (Å²) < 4.78 is 0. The maximum Gasteiger partial charge on any atom is 0.251 e. The predicted molar refractivity (Wildman–Crippen MR) is 66.3 cm³/mol. The average Bonchev–Trinajstić information content (AvgIpc) is 2.54. The van der Waals surface area contributed by atoms with Gasteiger partial charge in [0.15, 0.2) is 0 Å². The molecule has 0 saturated heterocycles. The van der Waals surface area contributed by atoms with Crippen LogP contribution in [0.15, 0.2) is 0 Å². The Bertz CT molecular complexity index is 429. The van der Waals surface area contributed by atoms with Crippen LogP contribution in [0.1, 0.15) is 27.7 Å². The molecule has 0 aliphatic rings. The first-order valence-electron chi connectivity index (χ1n) is 4.79. The van der Waals surface area contributed by atoms with E-state index >= 15 is 0 Å². The lowest BCUT2D eigenvalue weighted by Crippen LogP contribution is -2.18. The van der Waals surface area contributed by atoms with Gasteiger partial charge in [-0.2, -0.15) is 0 Å². The lowest BCUT2D eigenvalue weighted by atomic mass is 10.1. The summed E-state index contributed by atoms with van der Waals surface area (Å²) in [5.74, 6) is -1.00. The molecular weight excluding hydrogens is 248 g/mol. The molecule has 3 N–H and O–H groups in total. The maximum absolute atomic E-state index is 11.3. The quantitative estimate of drug-likeness (QED) is 0.812. The number of amides is 2. The number of hydrogen-bond acceptors (Lipinski definition) is 3. The van der Waals surface area contributed by atoms with Gasteiger partial charge < -0.3 is 11.1 Å². The third kappa shape index (κ3) is 2.54. The van der Waals surface area contributed by atoms with Crippen molar-refractivity contribution in [3.05, 3.63) is 16.0 Å². The SMILES string of the molecule is CCc1c(C)sc(NC(=O)CCl)c1C(N)=O. The number of nitrogens with one attached hydrogen (secondary N) is 1. The number of rotatable bonds is 4. The van der Waals surface area contributed by atoms with Gasteiger partial charge in [0, 0.05) is 4.88 Å². The predicted octanol–water partition coefficient (Wildman–Crippen LogP) is 1.90. The number of halogens is 1. The molecule has 0 radical (unpaired) electrons. The van der Waals surface area contributed by atoms with E-state index in [0.717, 1.165) is 10.4 Å². The monoisotopic (exact) mass is 260 g/mol. The molecule has 0 aliphatic heterocycles. The maximum atomic E-state index is 11.3. The highest BCUT2D eigenvalue weighted by Crippen LogP contribution is 2.32. The van der Waals surface area contributed by atoms with Crippen LogP contribution in [-0.2, 0) is 11.2 Å². The van der Waals surface area contributed by atoms with Crippen molar-refractivity contribution in [2.75, 3.05) is 11.2 Å². The van der Waals surface area contributed by atoms with Gasteiger partial charge in [-0.15, -0.1) is 22.9 Å². The van der Waals surface area contributed by atoms with Crippen LogP contribution in [0.5, 0.6) is 0 Å². The molecule has 0 spiro atoms. The minimum Gasteiger partial charge on any atom is -0.365 e. The number of thiophene rings is 1. The number of carbonyl (C=O) groups excluding carboxylic acids is 2. The Kier molecular flexibility index (Phi) is 4.32. The topological polar surface area (TPSA) is 72.2 Å². The van der Waals surface area contributed by atoms with E-state index in [1.165, 1.54) is 11.3 Å². The first-order valence-corrected chi connectivity index (χ1v) is 6.14. The molecular formula is C10H13ClN2O2S. The van der Waals surface area contributed by atoms with Crippen LogP contribution in [0.25, 0.3) is 0 Å². The number of aryl methyl sites for hydroxylation is 1. The first kappa shape index (κ1) is 13.0. The zero-order valence-corrected chi connectivity index (χ0v) is 10.7. The fourth-order valence-electron chi connectivity index (χ4n) is 1.51. The summed E-state index contributed by atoms with van der Waals surface area (Å²) in [6.07, 6.45) is 0.706. The molecule has 6 heteroatoms. The number of primary amides is 1. The van der Waals surface area contributed by atoms with Gasteiger partial charge in [-0.3, -0.25) is 9.59 Å². The van der Waals surface area contributed by atoms with E-state index in [1.807, 2.05) is 13.8 Å². The molecule has 16 heavy (non-hydrogen) atoms. The van der Waals surface area contributed by atoms with Crippen molar-refractivity contribution in [1.29, 1.82) is 0 Å². The van der Waals surface area contributed by atoms with Crippen LogP contribution >= 0.6 is 22.9 Å². The van der Waals surface area contributed by atoms with Crippen LogP contribution in [0, 0.1) is 6.92 Å². The molecule has 0 saturated carbocycles. The van der Waals surface area contributed by atoms with Gasteiger partial charge >= 0.3 is 0 Å². The highest BCUT2D eigenvalue weighted by atomic mass is 35.5. The Balaban J connectivity index is 3.18. The van der Waals surface area contributed by atoms with Crippen LogP contribution in [0.4, 0.5) is 5.00 Å². The number of nitrogens with two attached hydrogens (primary N) is 1. The van der Waals surface area contributed by atoms with Crippen LogP contribution < -0.4 is 11.1 Å². The summed E-state index contributed by atoms with van der Waals surface area (Å²) in [4.78, 5) is 23.5. The zero-order valence-electron chi connectivity index (χ0n) is 9.09. The van der Waals surface area contributed by atoms with E-state index in [1.54, 1.807) is 0 Å². The van der Waals surface area contributed by atoms with Gasteiger partial charge in [-0.05, 0) is 18.9 Å². The van der Waals surface area contributed by atoms with Gasteiger partial charge in [0.25, 0.3) is 5.91 Å². The number of carbonyl (C=O) groups is 2. The molecule has 88 valence electrons. The Hall–Kier alpha value is -1.07. The first-order chi connectivity index (χ1) is 7.51. The second kappa shape index (κ2) is 5.32. The second-order valence-corrected chi connectivity index (χ2v) is 4.73. The molecule has 1 heterocycles. The van der Waals surface area contributed by atoms with Gasteiger partial charge in [0.2, 0.25) is 5.91 Å².